The van der Waals surface area contributed by atoms with Crippen molar-refractivity contribution in [2.45, 2.75) is 51.1 Å². The lowest BCUT2D eigenvalue weighted by Gasteiger charge is -2.26. The van der Waals surface area contributed by atoms with E-state index in [1.54, 1.807) is 0 Å². The van der Waals surface area contributed by atoms with Crippen molar-refractivity contribution in [1.29, 1.82) is 0 Å². The van der Waals surface area contributed by atoms with Crippen molar-refractivity contribution in [3.05, 3.63) is 41.7 Å². The molecule has 1 heterocycles. The third-order valence-electron chi connectivity index (χ3n) is 4.31. The van der Waals surface area contributed by atoms with Gasteiger partial charge in [-0.05, 0) is 37.8 Å². The summed E-state index contributed by atoms with van der Waals surface area (Å²) < 4.78 is 7.78. The lowest BCUT2D eigenvalue weighted by Crippen LogP contribution is -2.18. The van der Waals surface area contributed by atoms with Gasteiger partial charge in [-0.1, -0.05) is 29.8 Å². The number of nitrogens with zero attached hydrogens (tertiary/aromatic N) is 3. The first-order valence-corrected chi connectivity index (χ1v) is 8.18. The molecule has 0 spiro atoms. The van der Waals surface area contributed by atoms with E-state index in [0.29, 0.717) is 12.5 Å². The summed E-state index contributed by atoms with van der Waals surface area (Å²) in [6.45, 7) is 2.13. The fourth-order valence-electron chi connectivity index (χ4n) is 2.87. The summed E-state index contributed by atoms with van der Waals surface area (Å²) in [5, 5.41) is 8.53. The highest BCUT2D eigenvalue weighted by Gasteiger charge is 2.26. The van der Waals surface area contributed by atoms with Crippen LogP contribution >= 0.6 is 0 Å². The lowest BCUT2D eigenvalue weighted by atomic mass is 9.82. The molecule has 0 radical (unpaired) electrons. The Morgan fingerprint density at radius 1 is 1.18 bits per heavy atom. The quantitative estimate of drug-likeness (QED) is 0.761. The monoisotopic (exact) mass is 300 g/mol. The highest BCUT2D eigenvalue weighted by molar-refractivity contribution is 5.20. The van der Waals surface area contributed by atoms with Gasteiger partial charge in [0.1, 0.15) is 5.75 Å². The molecule has 118 valence electrons. The van der Waals surface area contributed by atoms with Gasteiger partial charge in [0, 0.05) is 19.0 Å². The van der Waals surface area contributed by atoms with Crippen molar-refractivity contribution in [3.63, 3.8) is 0 Å². The Labute approximate surface area is 131 Å². The number of unbranched alkanes of at least 4 members (excludes halogenated alkanes) is 1. The highest BCUT2D eigenvalue weighted by atomic mass is 16.5. The van der Waals surface area contributed by atoms with Gasteiger partial charge in [-0.15, -0.1) is 5.10 Å². The van der Waals surface area contributed by atoms with Crippen LogP contribution in [0.25, 0.3) is 0 Å². The summed E-state index contributed by atoms with van der Waals surface area (Å²) in [6.07, 6.45) is 5.86. The molecular formula is C17H24N4O. The minimum Gasteiger partial charge on any atom is -0.494 e. The number of hydrogen-bond acceptors (Lipinski definition) is 4. The minimum atomic E-state index is 0.489. The molecule has 0 atom stereocenters. The molecule has 2 aromatic rings. The number of rotatable bonds is 8. The van der Waals surface area contributed by atoms with Crippen LogP contribution < -0.4 is 10.5 Å². The molecular weight excluding hydrogens is 276 g/mol. The average molecular weight is 300 g/mol. The van der Waals surface area contributed by atoms with Gasteiger partial charge < -0.3 is 10.5 Å². The van der Waals surface area contributed by atoms with E-state index >= 15 is 0 Å². The summed E-state index contributed by atoms with van der Waals surface area (Å²) in [5.41, 5.74) is 8.04. The standard InChI is InChI=1S/C17H24N4O/c18-13-16-17(14-7-6-8-14)21(20-19-16)11-4-5-12-22-15-9-2-1-3-10-15/h1-3,9-10,14H,4-8,11-13,18H2. The van der Waals surface area contributed by atoms with E-state index in [9.17, 15) is 0 Å². The lowest BCUT2D eigenvalue weighted by molar-refractivity contribution is 0.299. The van der Waals surface area contributed by atoms with E-state index in [1.165, 1.54) is 25.0 Å². The fourth-order valence-corrected chi connectivity index (χ4v) is 2.87. The Hall–Kier alpha value is -1.88. The third-order valence-corrected chi connectivity index (χ3v) is 4.31. The van der Waals surface area contributed by atoms with Crippen molar-refractivity contribution >= 4 is 0 Å². The van der Waals surface area contributed by atoms with Crippen LogP contribution in [0.4, 0.5) is 0 Å². The number of aryl methyl sites for hydroxylation is 1. The summed E-state index contributed by atoms with van der Waals surface area (Å²) in [7, 11) is 0. The molecule has 0 unspecified atom stereocenters. The van der Waals surface area contributed by atoms with E-state index in [2.05, 4.69) is 15.0 Å². The number of aromatic nitrogens is 3. The molecule has 1 fully saturated rings. The van der Waals surface area contributed by atoms with E-state index < -0.39 is 0 Å². The average Bonchev–Trinajstić information content (AvgIpc) is 2.89. The van der Waals surface area contributed by atoms with Crippen molar-refractivity contribution in [1.82, 2.24) is 15.0 Å². The van der Waals surface area contributed by atoms with E-state index in [1.807, 2.05) is 30.3 Å². The minimum absolute atomic E-state index is 0.489. The Morgan fingerprint density at radius 3 is 2.68 bits per heavy atom. The zero-order chi connectivity index (χ0) is 15.2. The molecule has 1 aromatic carbocycles. The van der Waals surface area contributed by atoms with Crippen LogP contribution in [-0.4, -0.2) is 21.6 Å². The highest BCUT2D eigenvalue weighted by Crippen LogP contribution is 2.37. The number of nitrogens with two attached hydrogens (primary N) is 1. The van der Waals surface area contributed by atoms with Gasteiger partial charge in [0.25, 0.3) is 0 Å². The van der Waals surface area contributed by atoms with Crippen LogP contribution in [-0.2, 0) is 13.1 Å². The normalized spacial score (nSPS) is 14.8. The number of ether oxygens (including phenoxy) is 1. The first-order chi connectivity index (χ1) is 10.9. The maximum absolute atomic E-state index is 5.79. The largest absolute Gasteiger partial charge is 0.494 e. The second kappa shape index (κ2) is 7.40. The summed E-state index contributed by atoms with van der Waals surface area (Å²) in [6, 6.07) is 9.95. The van der Waals surface area contributed by atoms with Crippen LogP contribution in [0.3, 0.4) is 0 Å². The van der Waals surface area contributed by atoms with Gasteiger partial charge in [0.2, 0.25) is 0 Å². The van der Waals surface area contributed by atoms with E-state index in [4.69, 9.17) is 10.5 Å². The summed E-state index contributed by atoms with van der Waals surface area (Å²) >= 11 is 0. The van der Waals surface area contributed by atoms with Crippen LogP contribution in [0.2, 0.25) is 0 Å². The number of para-hydroxylation sites is 1. The molecule has 1 aliphatic rings. The predicted molar refractivity (Wildman–Crippen MR) is 85.7 cm³/mol. The second-order valence-electron chi connectivity index (χ2n) is 5.85. The Bertz CT molecular complexity index is 578. The topological polar surface area (TPSA) is 66.0 Å². The molecule has 0 bridgehead atoms. The molecule has 5 heteroatoms. The van der Waals surface area contributed by atoms with Crippen molar-refractivity contribution in [2.24, 2.45) is 5.73 Å². The SMILES string of the molecule is NCc1nnn(CCCCOc2ccccc2)c1C1CCC1. The molecule has 5 nitrogen and oxygen atoms in total. The first kappa shape index (κ1) is 15.0. The molecule has 22 heavy (non-hydrogen) atoms. The van der Waals surface area contributed by atoms with E-state index in [-0.39, 0.29) is 0 Å². The molecule has 1 aliphatic carbocycles. The maximum Gasteiger partial charge on any atom is 0.119 e. The summed E-state index contributed by atoms with van der Waals surface area (Å²) in [5.74, 6) is 1.55. The van der Waals surface area contributed by atoms with Gasteiger partial charge in [-0.3, -0.25) is 0 Å². The zero-order valence-corrected chi connectivity index (χ0v) is 12.9. The molecule has 1 aromatic heterocycles. The second-order valence-corrected chi connectivity index (χ2v) is 5.85. The fraction of sp³-hybridized carbons (Fsp3) is 0.529. The molecule has 1 saturated carbocycles. The van der Waals surface area contributed by atoms with Crippen LogP contribution in [0.5, 0.6) is 5.75 Å². The van der Waals surface area contributed by atoms with Crippen LogP contribution in [0.15, 0.2) is 30.3 Å². The maximum atomic E-state index is 5.79. The van der Waals surface area contributed by atoms with Gasteiger partial charge in [-0.25, -0.2) is 4.68 Å². The molecule has 3 rings (SSSR count). The Kier molecular flexibility index (Phi) is 5.06. The van der Waals surface area contributed by atoms with Crippen LogP contribution in [0.1, 0.15) is 49.4 Å². The molecule has 0 saturated heterocycles. The third kappa shape index (κ3) is 3.47. The molecule has 0 aliphatic heterocycles. The summed E-state index contributed by atoms with van der Waals surface area (Å²) in [4.78, 5) is 0. The van der Waals surface area contributed by atoms with Gasteiger partial charge >= 0.3 is 0 Å². The number of hydrogen-bond donors (Lipinski definition) is 1. The van der Waals surface area contributed by atoms with Gasteiger partial charge in [0.05, 0.1) is 18.0 Å². The van der Waals surface area contributed by atoms with Crippen molar-refractivity contribution < 1.29 is 4.74 Å². The van der Waals surface area contributed by atoms with E-state index in [0.717, 1.165) is 37.4 Å². The predicted octanol–water partition coefficient (Wildman–Crippen LogP) is 2.86. The van der Waals surface area contributed by atoms with Gasteiger partial charge in [0.15, 0.2) is 0 Å². The first-order valence-electron chi connectivity index (χ1n) is 8.18. The Morgan fingerprint density at radius 2 is 2.00 bits per heavy atom. The molecule has 2 N–H and O–H groups in total. The zero-order valence-electron chi connectivity index (χ0n) is 12.9. The van der Waals surface area contributed by atoms with Crippen LogP contribution in [0, 0.1) is 0 Å². The van der Waals surface area contributed by atoms with Crippen molar-refractivity contribution in [2.75, 3.05) is 6.61 Å². The smallest absolute Gasteiger partial charge is 0.119 e. The van der Waals surface area contributed by atoms with Gasteiger partial charge in [-0.2, -0.15) is 0 Å². The van der Waals surface area contributed by atoms with Crippen molar-refractivity contribution in [3.8, 4) is 5.75 Å². The molecule has 0 amide bonds. The Balaban J connectivity index is 1.46. The number of benzene rings is 1.